The lowest BCUT2D eigenvalue weighted by Crippen LogP contribution is -2.44. The summed E-state index contributed by atoms with van der Waals surface area (Å²) in [5, 5.41) is 13.7. The van der Waals surface area contributed by atoms with Crippen LogP contribution in [0.2, 0.25) is 5.02 Å². The largest absolute Gasteiger partial charge is 0.337 e. The molecule has 10 heteroatoms. The number of hydrogen-bond donors (Lipinski definition) is 3. The number of nitrogens with zero attached hydrogens (tertiary/aromatic N) is 1. The van der Waals surface area contributed by atoms with Crippen molar-refractivity contribution >= 4 is 50.8 Å². The highest BCUT2D eigenvalue weighted by atomic mass is 79.9. The van der Waals surface area contributed by atoms with Crippen LogP contribution in [0.5, 0.6) is 0 Å². The minimum atomic E-state index is -0.722. The van der Waals surface area contributed by atoms with Gasteiger partial charge in [-0.3, -0.25) is 20.3 Å². The monoisotopic (exact) mass is 426 g/mol. The second-order valence-corrected chi connectivity index (χ2v) is 6.19. The number of hydrogen-bond acceptors (Lipinski definition) is 4. The standard InChI is InChI=1S/C15H12BrClN4O4/c1-8-10(3-2-4-13(8)21(24)25)14(22)19-20-15(23)18-12-6-5-9(16)7-11(12)17/h2-7H,1H3,(H,19,22)(H2,18,20,23). The van der Waals surface area contributed by atoms with Crippen LogP contribution in [-0.4, -0.2) is 16.9 Å². The van der Waals surface area contributed by atoms with Crippen molar-refractivity contribution in [3.8, 4) is 0 Å². The van der Waals surface area contributed by atoms with Gasteiger partial charge in [-0.2, -0.15) is 0 Å². The van der Waals surface area contributed by atoms with Gasteiger partial charge in [-0.25, -0.2) is 10.2 Å². The maximum atomic E-state index is 12.1. The van der Waals surface area contributed by atoms with Crippen molar-refractivity contribution in [2.75, 3.05) is 5.32 Å². The number of anilines is 1. The number of halogens is 2. The second kappa shape index (κ2) is 7.95. The number of nitrogens with one attached hydrogen (secondary N) is 3. The van der Waals surface area contributed by atoms with E-state index in [0.29, 0.717) is 10.7 Å². The van der Waals surface area contributed by atoms with Crippen molar-refractivity contribution < 1.29 is 14.5 Å². The molecule has 0 saturated heterocycles. The molecular weight excluding hydrogens is 416 g/mol. The van der Waals surface area contributed by atoms with Crippen LogP contribution in [0.3, 0.4) is 0 Å². The Morgan fingerprint density at radius 3 is 2.56 bits per heavy atom. The van der Waals surface area contributed by atoms with Crippen LogP contribution in [0.1, 0.15) is 15.9 Å². The minimum Gasteiger partial charge on any atom is -0.305 e. The molecule has 2 aromatic rings. The average Bonchev–Trinajstić information content (AvgIpc) is 2.55. The number of carbonyl (C=O) groups is 2. The summed E-state index contributed by atoms with van der Waals surface area (Å²) in [5.41, 5.74) is 4.78. The number of nitro benzene ring substituents is 1. The number of amides is 3. The normalized spacial score (nSPS) is 10.0. The Morgan fingerprint density at radius 2 is 1.92 bits per heavy atom. The quantitative estimate of drug-likeness (QED) is 0.511. The molecule has 0 aliphatic carbocycles. The lowest BCUT2D eigenvalue weighted by atomic mass is 10.1. The van der Waals surface area contributed by atoms with Gasteiger partial charge in [0.2, 0.25) is 0 Å². The first-order valence-electron chi connectivity index (χ1n) is 6.86. The van der Waals surface area contributed by atoms with E-state index >= 15 is 0 Å². The van der Waals surface area contributed by atoms with Crippen molar-refractivity contribution in [2.45, 2.75) is 6.92 Å². The van der Waals surface area contributed by atoms with E-state index in [9.17, 15) is 19.7 Å². The average molecular weight is 428 g/mol. The fraction of sp³-hybridized carbons (Fsp3) is 0.0667. The molecule has 0 bridgehead atoms. The second-order valence-electron chi connectivity index (χ2n) is 4.86. The molecule has 130 valence electrons. The van der Waals surface area contributed by atoms with E-state index in [-0.39, 0.29) is 16.8 Å². The number of urea groups is 1. The van der Waals surface area contributed by atoms with Crippen LogP contribution in [0.4, 0.5) is 16.2 Å². The SMILES string of the molecule is Cc1c(C(=O)NNC(=O)Nc2ccc(Br)cc2Cl)cccc1[N+](=O)[O-]. The third-order valence-electron chi connectivity index (χ3n) is 3.22. The molecular formula is C15H12BrClN4O4. The Bertz CT molecular complexity index is 859. The highest BCUT2D eigenvalue weighted by molar-refractivity contribution is 9.10. The van der Waals surface area contributed by atoms with Gasteiger partial charge in [-0.05, 0) is 31.2 Å². The van der Waals surface area contributed by atoms with Crippen LogP contribution < -0.4 is 16.2 Å². The van der Waals surface area contributed by atoms with Crippen LogP contribution in [0, 0.1) is 17.0 Å². The van der Waals surface area contributed by atoms with Crippen molar-refractivity contribution in [3.63, 3.8) is 0 Å². The molecule has 0 saturated carbocycles. The third kappa shape index (κ3) is 4.68. The molecule has 3 N–H and O–H groups in total. The topological polar surface area (TPSA) is 113 Å². The summed E-state index contributed by atoms with van der Waals surface area (Å²) in [4.78, 5) is 34.2. The maximum absolute atomic E-state index is 12.1. The fourth-order valence-electron chi connectivity index (χ4n) is 1.99. The summed E-state index contributed by atoms with van der Waals surface area (Å²) < 4.78 is 0.748. The van der Waals surface area contributed by atoms with E-state index in [2.05, 4.69) is 32.1 Å². The maximum Gasteiger partial charge on any atom is 0.337 e. The zero-order valence-electron chi connectivity index (χ0n) is 12.8. The van der Waals surface area contributed by atoms with Gasteiger partial charge in [0.1, 0.15) is 0 Å². The molecule has 0 radical (unpaired) electrons. The van der Waals surface area contributed by atoms with Crippen LogP contribution >= 0.6 is 27.5 Å². The number of carbonyl (C=O) groups excluding carboxylic acids is 2. The smallest absolute Gasteiger partial charge is 0.305 e. The fourth-order valence-corrected chi connectivity index (χ4v) is 2.71. The molecule has 0 fully saturated rings. The number of hydrazine groups is 1. The summed E-state index contributed by atoms with van der Waals surface area (Å²) in [6, 6.07) is 8.25. The van der Waals surface area contributed by atoms with Crippen molar-refractivity contribution in [3.05, 3.63) is 67.1 Å². The van der Waals surface area contributed by atoms with Crippen molar-refractivity contribution in [2.24, 2.45) is 0 Å². The summed E-state index contributed by atoms with van der Waals surface area (Å²) >= 11 is 9.22. The molecule has 0 heterocycles. The molecule has 2 rings (SSSR count). The summed E-state index contributed by atoms with van der Waals surface area (Å²) in [5.74, 6) is -0.682. The third-order valence-corrected chi connectivity index (χ3v) is 4.02. The van der Waals surface area contributed by atoms with Crippen molar-refractivity contribution in [1.29, 1.82) is 0 Å². The Labute approximate surface area is 155 Å². The molecule has 0 unspecified atom stereocenters. The van der Waals surface area contributed by atoms with E-state index in [1.807, 2.05) is 0 Å². The summed E-state index contributed by atoms with van der Waals surface area (Å²) in [6.07, 6.45) is 0. The van der Waals surface area contributed by atoms with Gasteiger partial charge in [0.15, 0.2) is 0 Å². The lowest BCUT2D eigenvalue weighted by molar-refractivity contribution is -0.385. The lowest BCUT2D eigenvalue weighted by Gasteiger charge is -2.11. The molecule has 8 nitrogen and oxygen atoms in total. The number of benzene rings is 2. The summed E-state index contributed by atoms with van der Waals surface area (Å²) in [7, 11) is 0. The van der Waals surface area contributed by atoms with Crippen LogP contribution in [0.15, 0.2) is 40.9 Å². The zero-order valence-corrected chi connectivity index (χ0v) is 15.1. The van der Waals surface area contributed by atoms with Crippen LogP contribution in [-0.2, 0) is 0 Å². The Balaban J connectivity index is 2.01. The minimum absolute atomic E-state index is 0.0798. The first-order chi connectivity index (χ1) is 11.8. The van der Waals surface area contributed by atoms with Crippen molar-refractivity contribution in [1.82, 2.24) is 10.9 Å². The van der Waals surface area contributed by atoms with E-state index in [0.717, 1.165) is 4.47 Å². The molecule has 0 aromatic heterocycles. The molecule has 0 atom stereocenters. The molecule has 25 heavy (non-hydrogen) atoms. The van der Waals surface area contributed by atoms with Gasteiger partial charge < -0.3 is 5.32 Å². The summed E-state index contributed by atoms with van der Waals surface area (Å²) in [6.45, 7) is 1.45. The molecule has 3 amide bonds. The Hall–Kier alpha value is -2.65. The first-order valence-corrected chi connectivity index (χ1v) is 8.03. The van der Waals surface area contributed by atoms with Gasteiger partial charge in [0, 0.05) is 16.1 Å². The Kier molecular flexibility index (Phi) is 5.94. The van der Waals surface area contributed by atoms with E-state index in [4.69, 9.17) is 11.6 Å². The van der Waals surface area contributed by atoms with E-state index < -0.39 is 16.9 Å². The van der Waals surface area contributed by atoms with Gasteiger partial charge >= 0.3 is 6.03 Å². The predicted octanol–water partition coefficient (Wildman–Crippen LogP) is 3.79. The molecule has 2 aromatic carbocycles. The van der Waals surface area contributed by atoms with Gasteiger partial charge in [-0.15, -0.1) is 0 Å². The first kappa shape index (κ1) is 18.7. The number of nitro groups is 1. The van der Waals surface area contributed by atoms with Gasteiger partial charge in [-0.1, -0.05) is 33.6 Å². The highest BCUT2D eigenvalue weighted by Gasteiger charge is 2.18. The van der Waals surface area contributed by atoms with E-state index in [1.165, 1.54) is 25.1 Å². The molecule has 0 spiro atoms. The molecule has 0 aliphatic rings. The van der Waals surface area contributed by atoms with Crippen LogP contribution in [0.25, 0.3) is 0 Å². The number of rotatable bonds is 3. The molecule has 0 aliphatic heterocycles. The van der Waals surface area contributed by atoms with E-state index in [1.54, 1.807) is 18.2 Å². The highest BCUT2D eigenvalue weighted by Crippen LogP contribution is 2.25. The predicted molar refractivity (Wildman–Crippen MR) is 96.6 cm³/mol. The van der Waals surface area contributed by atoms with Gasteiger partial charge in [0.25, 0.3) is 11.6 Å². The van der Waals surface area contributed by atoms with Gasteiger partial charge in [0.05, 0.1) is 21.2 Å². The Morgan fingerprint density at radius 1 is 1.20 bits per heavy atom. The zero-order chi connectivity index (χ0) is 18.6.